The minimum Gasteiger partial charge on any atom is -0.484 e. The topological polar surface area (TPSA) is 74.7 Å². The lowest BCUT2D eigenvalue weighted by molar-refractivity contribution is -0.146. The Bertz CT molecular complexity index is 1240. The van der Waals surface area contributed by atoms with E-state index in [1.165, 1.54) is 11.1 Å². The molecule has 0 radical (unpaired) electrons. The number of likely N-dealkylation sites (tertiary alicyclic amines) is 1. The van der Waals surface area contributed by atoms with Crippen LogP contribution in [0.25, 0.3) is 0 Å². The fourth-order valence-electron chi connectivity index (χ4n) is 5.45. The fourth-order valence-corrected chi connectivity index (χ4v) is 5.45. The summed E-state index contributed by atoms with van der Waals surface area (Å²) in [6.07, 6.45) is 0.368. The highest BCUT2D eigenvalue weighted by Gasteiger charge is 2.41. The summed E-state index contributed by atoms with van der Waals surface area (Å²) in [7, 11) is 0. The molecule has 0 N–H and O–H groups in total. The molecule has 5 rings (SSSR count). The number of amides is 2. The molecular formula is C32H36N4O4. The SMILES string of the molecule is CCON=C1C[C@@H](C(=O)N2CCN(C(c3ccccc3)c3ccccc3)CC2)N(C(=O)COc2ccccc2)C1. The van der Waals surface area contributed by atoms with Gasteiger partial charge in [-0.25, -0.2) is 0 Å². The van der Waals surface area contributed by atoms with E-state index in [0.717, 1.165) is 13.1 Å². The van der Waals surface area contributed by atoms with Gasteiger partial charge in [-0.15, -0.1) is 0 Å². The molecule has 3 aromatic carbocycles. The van der Waals surface area contributed by atoms with Crippen LogP contribution in [0.2, 0.25) is 0 Å². The fraction of sp³-hybridized carbons (Fsp3) is 0.344. The molecule has 3 aromatic rings. The number of carbonyl (C=O) groups is 2. The van der Waals surface area contributed by atoms with Gasteiger partial charge in [0.05, 0.1) is 18.3 Å². The zero-order valence-corrected chi connectivity index (χ0v) is 22.9. The maximum absolute atomic E-state index is 13.8. The number of ether oxygens (including phenoxy) is 1. The molecule has 1 atom stereocenters. The molecule has 2 heterocycles. The zero-order valence-electron chi connectivity index (χ0n) is 22.9. The lowest BCUT2D eigenvalue weighted by atomic mass is 9.96. The second-order valence-electron chi connectivity index (χ2n) is 10.0. The molecule has 0 bridgehead atoms. The number of oxime groups is 1. The van der Waals surface area contributed by atoms with Gasteiger partial charge in [-0.3, -0.25) is 14.5 Å². The Labute approximate surface area is 235 Å². The first kappa shape index (κ1) is 27.4. The Morgan fingerprint density at radius 2 is 1.43 bits per heavy atom. The van der Waals surface area contributed by atoms with Crippen molar-refractivity contribution in [3.8, 4) is 5.75 Å². The molecule has 2 aliphatic heterocycles. The van der Waals surface area contributed by atoms with Gasteiger partial charge < -0.3 is 19.4 Å². The van der Waals surface area contributed by atoms with Crippen LogP contribution in [0.1, 0.15) is 30.5 Å². The van der Waals surface area contributed by atoms with Crippen LogP contribution in [0, 0.1) is 0 Å². The second-order valence-corrected chi connectivity index (χ2v) is 10.0. The van der Waals surface area contributed by atoms with Crippen LogP contribution in [-0.2, 0) is 14.4 Å². The van der Waals surface area contributed by atoms with E-state index in [-0.39, 0.29) is 31.0 Å². The molecule has 8 heteroatoms. The first-order valence-corrected chi connectivity index (χ1v) is 13.9. The lowest BCUT2D eigenvalue weighted by Gasteiger charge is -2.41. The number of rotatable bonds is 9. The van der Waals surface area contributed by atoms with Crippen LogP contribution in [-0.4, -0.2) is 84.2 Å². The molecule has 0 aromatic heterocycles. The minimum absolute atomic E-state index is 0.0506. The molecule has 2 amide bonds. The van der Waals surface area contributed by atoms with E-state index in [0.29, 0.717) is 37.6 Å². The smallest absolute Gasteiger partial charge is 0.261 e. The Hall–Kier alpha value is -4.17. The van der Waals surface area contributed by atoms with Crippen LogP contribution in [0.5, 0.6) is 5.75 Å². The summed E-state index contributed by atoms with van der Waals surface area (Å²) in [4.78, 5) is 38.2. The van der Waals surface area contributed by atoms with Crippen molar-refractivity contribution in [2.75, 3.05) is 45.9 Å². The van der Waals surface area contributed by atoms with Crippen LogP contribution < -0.4 is 4.74 Å². The van der Waals surface area contributed by atoms with E-state index in [1.807, 2.05) is 42.2 Å². The Morgan fingerprint density at radius 1 is 0.850 bits per heavy atom. The summed E-state index contributed by atoms with van der Waals surface area (Å²) >= 11 is 0. The Kier molecular flexibility index (Phi) is 9.08. The highest BCUT2D eigenvalue weighted by atomic mass is 16.6. The number of benzene rings is 3. The van der Waals surface area contributed by atoms with Crippen molar-refractivity contribution < 1.29 is 19.2 Å². The first-order chi connectivity index (χ1) is 19.6. The number of carbonyl (C=O) groups excluding carboxylic acids is 2. The number of para-hydroxylation sites is 1. The van der Waals surface area contributed by atoms with Gasteiger partial charge in [-0.1, -0.05) is 84.0 Å². The van der Waals surface area contributed by atoms with Crippen LogP contribution >= 0.6 is 0 Å². The summed E-state index contributed by atoms with van der Waals surface area (Å²) < 4.78 is 5.70. The first-order valence-electron chi connectivity index (χ1n) is 13.9. The normalized spacial score (nSPS) is 18.8. The van der Waals surface area contributed by atoms with Gasteiger partial charge in [0.15, 0.2) is 6.61 Å². The van der Waals surface area contributed by atoms with Crippen LogP contribution in [0.15, 0.2) is 96.2 Å². The van der Waals surface area contributed by atoms with E-state index in [4.69, 9.17) is 9.57 Å². The Balaban J connectivity index is 1.27. The molecule has 0 spiro atoms. The van der Waals surface area contributed by atoms with Crippen molar-refractivity contribution in [3.63, 3.8) is 0 Å². The molecule has 2 aliphatic rings. The average Bonchev–Trinajstić information content (AvgIpc) is 3.45. The van der Waals surface area contributed by atoms with Crippen molar-refractivity contribution in [2.24, 2.45) is 5.16 Å². The number of piperazine rings is 1. The van der Waals surface area contributed by atoms with Gasteiger partial charge in [-0.05, 0) is 30.2 Å². The molecule has 8 nitrogen and oxygen atoms in total. The molecule has 40 heavy (non-hydrogen) atoms. The van der Waals surface area contributed by atoms with Crippen molar-refractivity contribution in [3.05, 3.63) is 102 Å². The van der Waals surface area contributed by atoms with E-state index in [2.05, 4.69) is 58.6 Å². The van der Waals surface area contributed by atoms with Gasteiger partial charge in [0.2, 0.25) is 5.91 Å². The second kappa shape index (κ2) is 13.3. The third kappa shape index (κ3) is 6.51. The summed E-state index contributed by atoms with van der Waals surface area (Å²) in [5.41, 5.74) is 3.16. The predicted octanol–water partition coefficient (Wildman–Crippen LogP) is 3.99. The maximum atomic E-state index is 13.8. The summed E-state index contributed by atoms with van der Waals surface area (Å²) in [5, 5.41) is 4.18. The molecule has 208 valence electrons. The lowest BCUT2D eigenvalue weighted by Crippen LogP contribution is -2.55. The van der Waals surface area contributed by atoms with Crippen molar-refractivity contribution in [1.82, 2.24) is 14.7 Å². The van der Waals surface area contributed by atoms with E-state index >= 15 is 0 Å². The highest BCUT2D eigenvalue weighted by molar-refractivity contribution is 6.01. The minimum atomic E-state index is -0.614. The van der Waals surface area contributed by atoms with E-state index in [9.17, 15) is 9.59 Å². The third-order valence-electron chi connectivity index (χ3n) is 7.41. The molecule has 0 aliphatic carbocycles. The summed E-state index contributed by atoms with van der Waals surface area (Å²) in [5.74, 6) is 0.324. The molecule has 0 unspecified atom stereocenters. The average molecular weight is 541 g/mol. The quantitative estimate of drug-likeness (QED) is 0.384. The number of hydrogen-bond acceptors (Lipinski definition) is 6. The van der Waals surface area contributed by atoms with Gasteiger partial charge >= 0.3 is 0 Å². The van der Waals surface area contributed by atoms with Crippen molar-refractivity contribution in [1.29, 1.82) is 0 Å². The summed E-state index contributed by atoms with van der Waals surface area (Å²) in [6, 6.07) is 29.7. The molecule has 0 saturated carbocycles. The van der Waals surface area contributed by atoms with Crippen LogP contribution in [0.3, 0.4) is 0 Å². The molecular weight excluding hydrogens is 504 g/mol. The monoisotopic (exact) mass is 540 g/mol. The van der Waals surface area contributed by atoms with Crippen molar-refractivity contribution in [2.45, 2.75) is 25.4 Å². The van der Waals surface area contributed by atoms with Gasteiger partial charge in [0.25, 0.3) is 5.91 Å². The predicted molar refractivity (Wildman–Crippen MR) is 154 cm³/mol. The standard InChI is InChI=1S/C32H36N4O4/c1-2-40-33-27-22-29(36(23-27)30(37)24-39-28-16-10-5-11-17-28)32(38)35-20-18-34(19-21-35)31(25-12-6-3-7-13-25)26-14-8-4-9-15-26/h3-17,29,31H,2,18-24H2,1H3/t29-/m0/s1. The number of nitrogens with zero attached hydrogens (tertiary/aromatic N) is 4. The van der Waals surface area contributed by atoms with E-state index in [1.54, 1.807) is 17.0 Å². The van der Waals surface area contributed by atoms with Crippen LogP contribution in [0.4, 0.5) is 0 Å². The third-order valence-corrected chi connectivity index (χ3v) is 7.41. The maximum Gasteiger partial charge on any atom is 0.261 e. The van der Waals surface area contributed by atoms with Gasteiger partial charge in [0, 0.05) is 32.6 Å². The largest absolute Gasteiger partial charge is 0.484 e. The highest BCUT2D eigenvalue weighted by Crippen LogP contribution is 2.30. The summed E-state index contributed by atoms with van der Waals surface area (Å²) in [6.45, 7) is 5.06. The molecule has 2 saturated heterocycles. The van der Waals surface area contributed by atoms with E-state index < -0.39 is 6.04 Å². The molecule has 2 fully saturated rings. The Morgan fingerprint density at radius 3 is 2.00 bits per heavy atom. The van der Waals surface area contributed by atoms with Crippen molar-refractivity contribution >= 4 is 17.5 Å². The zero-order chi connectivity index (χ0) is 27.7. The van der Waals surface area contributed by atoms with Gasteiger partial charge in [-0.2, -0.15) is 0 Å². The number of hydrogen-bond donors (Lipinski definition) is 0. The van der Waals surface area contributed by atoms with Gasteiger partial charge in [0.1, 0.15) is 18.4 Å².